The first-order valence-corrected chi connectivity index (χ1v) is 9.46. The lowest BCUT2D eigenvalue weighted by Gasteiger charge is -2.37. The monoisotopic (exact) mass is 347 g/mol. The summed E-state index contributed by atoms with van der Waals surface area (Å²) in [5, 5.41) is 0. The second-order valence-electron chi connectivity index (χ2n) is 7.51. The molecule has 1 fully saturated rings. The van der Waals surface area contributed by atoms with Gasteiger partial charge in [0.1, 0.15) is 12.1 Å². The van der Waals surface area contributed by atoms with E-state index in [9.17, 15) is 14.0 Å². The Labute approximate surface area is 150 Å². The Balaban J connectivity index is 1.92. The fraction of sp³-hybridized carbons (Fsp3) is 0.619. The van der Waals surface area contributed by atoms with Crippen LogP contribution < -0.4 is 0 Å². The van der Waals surface area contributed by atoms with Gasteiger partial charge in [0.15, 0.2) is 5.78 Å². The molecule has 0 radical (unpaired) electrons. The predicted molar refractivity (Wildman–Crippen MR) is 98.2 cm³/mol. The van der Waals surface area contributed by atoms with Gasteiger partial charge in [0.2, 0.25) is 0 Å². The third-order valence-corrected chi connectivity index (χ3v) is 5.75. The lowest BCUT2D eigenvalue weighted by molar-refractivity contribution is -0.119. The molecule has 3 nitrogen and oxygen atoms in total. The van der Waals surface area contributed by atoms with Crippen LogP contribution in [0.1, 0.15) is 62.7 Å². The van der Waals surface area contributed by atoms with Gasteiger partial charge in [-0.25, -0.2) is 4.39 Å². The van der Waals surface area contributed by atoms with E-state index in [0.717, 1.165) is 38.6 Å². The molecule has 0 bridgehead atoms. The first-order valence-electron chi connectivity index (χ1n) is 9.46. The number of aldehydes is 1. The number of benzene rings is 1. The molecular weight excluding hydrogens is 317 g/mol. The van der Waals surface area contributed by atoms with Crippen molar-refractivity contribution in [3.63, 3.8) is 0 Å². The fourth-order valence-corrected chi connectivity index (χ4v) is 3.80. The van der Waals surface area contributed by atoms with Gasteiger partial charge in [0.05, 0.1) is 6.54 Å². The summed E-state index contributed by atoms with van der Waals surface area (Å²) in [5.41, 5.74) is 0.234. The normalized spacial score (nSPS) is 18.1. The number of carbonyl (C=O) groups is 2. The highest BCUT2D eigenvalue weighted by Gasteiger charge is 2.34. The minimum Gasteiger partial charge on any atom is -0.303 e. The fourth-order valence-electron chi connectivity index (χ4n) is 3.80. The molecule has 1 aliphatic carbocycles. The molecule has 1 aromatic rings. The van der Waals surface area contributed by atoms with E-state index in [2.05, 4.69) is 11.8 Å². The van der Waals surface area contributed by atoms with E-state index in [1.165, 1.54) is 43.5 Å². The zero-order chi connectivity index (χ0) is 18.3. The topological polar surface area (TPSA) is 37.4 Å². The average Bonchev–Trinajstić information content (AvgIpc) is 2.65. The van der Waals surface area contributed by atoms with Crippen molar-refractivity contribution in [3.8, 4) is 0 Å². The summed E-state index contributed by atoms with van der Waals surface area (Å²) in [5.74, 6) is 0.121. The number of halogens is 1. The summed E-state index contributed by atoms with van der Waals surface area (Å²) in [7, 11) is 0. The molecule has 4 heteroatoms. The van der Waals surface area contributed by atoms with Crippen LogP contribution >= 0.6 is 0 Å². The maximum Gasteiger partial charge on any atom is 0.176 e. The number of Topliss-reactive ketones (excluding diaryl/α,β-unsaturated/α-hetero) is 1. The molecule has 0 amide bonds. The van der Waals surface area contributed by atoms with Gasteiger partial charge in [0, 0.05) is 11.0 Å². The molecule has 0 N–H and O–H groups in total. The molecule has 1 saturated carbocycles. The molecule has 0 heterocycles. The molecule has 1 aliphatic rings. The standard InChI is InChI=1S/C21H30FNO2/c1-3-23(15-20(25)17-9-11-19(22)12-10-17)14-13-21(2,16-24)18-7-5-4-6-8-18/h9-12,16,18H,3-8,13-15H2,1-2H3. The highest BCUT2D eigenvalue weighted by atomic mass is 19.1. The Bertz CT molecular complexity index is 566. The SMILES string of the molecule is CCN(CCC(C)(C=O)C1CCCCC1)CC(=O)c1ccc(F)cc1. The Morgan fingerprint density at radius 2 is 1.88 bits per heavy atom. The van der Waals surface area contributed by atoms with E-state index in [4.69, 9.17) is 0 Å². The Morgan fingerprint density at radius 1 is 1.24 bits per heavy atom. The third kappa shape index (κ3) is 5.46. The number of likely N-dealkylation sites (N-methyl/N-ethyl adjacent to an activating group) is 1. The van der Waals surface area contributed by atoms with E-state index in [1.807, 2.05) is 6.92 Å². The molecule has 1 aromatic carbocycles. The summed E-state index contributed by atoms with van der Waals surface area (Å²) in [6.07, 6.45) is 7.90. The van der Waals surface area contributed by atoms with E-state index < -0.39 is 0 Å². The maximum atomic E-state index is 13.0. The van der Waals surface area contributed by atoms with Gasteiger partial charge in [-0.2, -0.15) is 0 Å². The van der Waals surface area contributed by atoms with Crippen LogP contribution in [0, 0.1) is 17.2 Å². The summed E-state index contributed by atoms with van der Waals surface area (Å²) >= 11 is 0. The van der Waals surface area contributed by atoms with Crippen molar-refractivity contribution in [1.29, 1.82) is 0 Å². The van der Waals surface area contributed by atoms with Crippen molar-refractivity contribution in [2.75, 3.05) is 19.6 Å². The second kappa shape index (κ2) is 9.23. The van der Waals surface area contributed by atoms with Gasteiger partial charge in [-0.3, -0.25) is 9.69 Å². The first-order chi connectivity index (χ1) is 12.0. The van der Waals surface area contributed by atoms with Crippen LogP contribution in [0.15, 0.2) is 24.3 Å². The summed E-state index contributed by atoms with van der Waals surface area (Å²) in [6, 6.07) is 5.69. The van der Waals surface area contributed by atoms with Gasteiger partial charge >= 0.3 is 0 Å². The van der Waals surface area contributed by atoms with Crippen molar-refractivity contribution < 1.29 is 14.0 Å². The summed E-state index contributed by atoms with van der Waals surface area (Å²) < 4.78 is 13.0. The number of nitrogens with zero attached hydrogens (tertiary/aromatic N) is 1. The predicted octanol–water partition coefficient (Wildman–Crippen LogP) is 4.51. The molecule has 2 rings (SSSR count). The third-order valence-electron chi connectivity index (χ3n) is 5.75. The van der Waals surface area contributed by atoms with Crippen molar-refractivity contribution in [2.24, 2.45) is 11.3 Å². The Hall–Kier alpha value is -1.55. The van der Waals surface area contributed by atoms with Gasteiger partial charge in [-0.1, -0.05) is 33.1 Å². The van der Waals surface area contributed by atoms with E-state index in [0.29, 0.717) is 18.0 Å². The highest BCUT2D eigenvalue weighted by molar-refractivity contribution is 5.97. The van der Waals surface area contributed by atoms with Gasteiger partial charge < -0.3 is 4.79 Å². The molecule has 0 saturated heterocycles. The van der Waals surface area contributed by atoms with Crippen LogP contribution in [0.25, 0.3) is 0 Å². The van der Waals surface area contributed by atoms with E-state index >= 15 is 0 Å². The minimum absolute atomic E-state index is 0.00711. The van der Waals surface area contributed by atoms with Crippen molar-refractivity contribution in [3.05, 3.63) is 35.6 Å². The molecule has 0 spiro atoms. The molecule has 25 heavy (non-hydrogen) atoms. The van der Waals surface area contributed by atoms with Crippen molar-refractivity contribution in [2.45, 2.75) is 52.4 Å². The molecule has 138 valence electrons. The number of hydrogen-bond acceptors (Lipinski definition) is 3. The molecular formula is C21H30FNO2. The van der Waals surface area contributed by atoms with E-state index in [-0.39, 0.29) is 17.0 Å². The maximum absolute atomic E-state index is 13.0. The lowest BCUT2D eigenvalue weighted by Crippen LogP contribution is -2.37. The second-order valence-corrected chi connectivity index (χ2v) is 7.51. The van der Waals surface area contributed by atoms with Gasteiger partial charge in [0.25, 0.3) is 0 Å². The smallest absolute Gasteiger partial charge is 0.176 e. The van der Waals surface area contributed by atoms with Crippen LogP contribution in [-0.2, 0) is 4.79 Å². The molecule has 0 aliphatic heterocycles. The number of rotatable bonds is 9. The van der Waals surface area contributed by atoms with Gasteiger partial charge in [-0.05, 0) is 62.5 Å². The van der Waals surface area contributed by atoms with Crippen molar-refractivity contribution in [1.82, 2.24) is 4.90 Å². The van der Waals surface area contributed by atoms with Crippen LogP contribution in [0.5, 0.6) is 0 Å². The van der Waals surface area contributed by atoms with Crippen molar-refractivity contribution >= 4 is 12.1 Å². The molecule has 1 unspecified atom stereocenters. The van der Waals surface area contributed by atoms with Crippen LogP contribution in [-0.4, -0.2) is 36.6 Å². The summed E-state index contributed by atoms with van der Waals surface area (Å²) in [6.45, 7) is 5.89. The zero-order valence-corrected chi connectivity index (χ0v) is 15.5. The van der Waals surface area contributed by atoms with Crippen LogP contribution in [0.3, 0.4) is 0 Å². The zero-order valence-electron chi connectivity index (χ0n) is 15.5. The highest BCUT2D eigenvalue weighted by Crippen LogP contribution is 2.39. The Kier molecular flexibility index (Phi) is 7.30. The number of hydrogen-bond donors (Lipinski definition) is 0. The molecule has 0 aromatic heterocycles. The van der Waals surface area contributed by atoms with Gasteiger partial charge in [-0.15, -0.1) is 0 Å². The molecule has 1 atom stereocenters. The number of carbonyl (C=O) groups excluding carboxylic acids is 2. The van der Waals surface area contributed by atoms with E-state index in [1.54, 1.807) is 0 Å². The number of ketones is 1. The summed E-state index contributed by atoms with van der Waals surface area (Å²) in [4.78, 5) is 26.2. The van der Waals surface area contributed by atoms with Crippen LogP contribution in [0.4, 0.5) is 4.39 Å². The minimum atomic E-state index is -0.335. The van der Waals surface area contributed by atoms with Crippen LogP contribution in [0.2, 0.25) is 0 Å². The quantitative estimate of drug-likeness (QED) is 0.487. The first kappa shape index (κ1) is 19.8. The average molecular weight is 347 g/mol. The lowest BCUT2D eigenvalue weighted by atomic mass is 9.69. The Morgan fingerprint density at radius 3 is 2.44 bits per heavy atom. The largest absolute Gasteiger partial charge is 0.303 e.